The van der Waals surface area contributed by atoms with Crippen molar-refractivity contribution in [3.05, 3.63) is 16.3 Å². The third-order valence-corrected chi connectivity index (χ3v) is 3.84. The Balaban J connectivity index is 2.07. The molecule has 112 valence electrons. The smallest absolute Gasteiger partial charge is 0.344 e. The minimum absolute atomic E-state index is 0.0474. The quantitative estimate of drug-likeness (QED) is 0.809. The van der Waals surface area contributed by atoms with Gasteiger partial charge in [-0.15, -0.1) is 0 Å². The van der Waals surface area contributed by atoms with Crippen LogP contribution in [-0.2, 0) is 24.3 Å². The van der Waals surface area contributed by atoms with E-state index in [0.717, 1.165) is 57.4 Å². The lowest BCUT2D eigenvalue weighted by atomic mass is 10.2. The normalized spacial score (nSPS) is 14.7. The number of hydrogen-bond acceptors (Lipinski definition) is 3. The zero-order valence-corrected chi connectivity index (χ0v) is 12.5. The Morgan fingerprint density at radius 3 is 2.90 bits per heavy atom. The van der Waals surface area contributed by atoms with E-state index in [1.165, 1.54) is 4.68 Å². The van der Waals surface area contributed by atoms with Gasteiger partial charge in [-0.1, -0.05) is 19.8 Å². The first kappa shape index (κ1) is 14.8. The second-order valence-electron chi connectivity index (χ2n) is 5.49. The lowest BCUT2D eigenvalue weighted by Crippen LogP contribution is -2.35. The van der Waals surface area contributed by atoms with Crippen molar-refractivity contribution in [1.82, 2.24) is 19.2 Å². The average Bonchev–Trinajstić information content (AvgIpc) is 2.63. The second kappa shape index (κ2) is 6.72. The number of carbonyl (C=O) groups excluding carboxylic acids is 1. The van der Waals surface area contributed by atoms with E-state index in [4.69, 9.17) is 0 Å². The third-order valence-electron chi connectivity index (χ3n) is 3.84. The molecule has 0 fully saturated rings. The van der Waals surface area contributed by atoms with Gasteiger partial charge in [0.05, 0.1) is 0 Å². The van der Waals surface area contributed by atoms with Crippen LogP contribution in [0.5, 0.6) is 0 Å². The summed E-state index contributed by atoms with van der Waals surface area (Å²) in [5.41, 5.74) is -0.140. The molecule has 2 heterocycles. The van der Waals surface area contributed by atoms with E-state index in [2.05, 4.69) is 12.0 Å². The summed E-state index contributed by atoms with van der Waals surface area (Å²) in [5, 5.41) is 4.33. The van der Waals surface area contributed by atoms with Crippen LogP contribution in [0.1, 0.15) is 44.9 Å². The molecule has 6 nitrogen and oxygen atoms in total. The fourth-order valence-electron chi connectivity index (χ4n) is 2.50. The zero-order chi connectivity index (χ0) is 14.5. The summed E-state index contributed by atoms with van der Waals surface area (Å²) in [6.07, 6.45) is 6.10. The van der Waals surface area contributed by atoms with E-state index < -0.39 is 0 Å². The molecule has 0 atom stereocenters. The van der Waals surface area contributed by atoms with Crippen LogP contribution < -0.4 is 5.69 Å². The summed E-state index contributed by atoms with van der Waals surface area (Å²) in [6, 6.07) is 0. The van der Waals surface area contributed by atoms with Crippen LogP contribution in [0.3, 0.4) is 0 Å². The van der Waals surface area contributed by atoms with E-state index in [1.54, 1.807) is 16.5 Å². The predicted octanol–water partition coefficient (Wildman–Crippen LogP) is 1.03. The van der Waals surface area contributed by atoms with Gasteiger partial charge < -0.3 is 4.90 Å². The SMILES string of the molecule is CCCCN(C)C(=O)Cn1nc2n(c1=O)CCCCC2. The number of fused-ring (bicyclic) bond motifs is 1. The van der Waals surface area contributed by atoms with Crippen molar-refractivity contribution in [3.63, 3.8) is 0 Å². The van der Waals surface area contributed by atoms with Gasteiger partial charge in [-0.25, -0.2) is 9.48 Å². The molecule has 0 bridgehead atoms. The van der Waals surface area contributed by atoms with Crippen LogP contribution in [0.2, 0.25) is 0 Å². The molecular formula is C14H24N4O2. The Morgan fingerprint density at radius 1 is 1.35 bits per heavy atom. The molecule has 1 aliphatic heterocycles. The lowest BCUT2D eigenvalue weighted by molar-refractivity contribution is -0.130. The Hall–Kier alpha value is -1.59. The number of hydrogen-bond donors (Lipinski definition) is 0. The van der Waals surface area contributed by atoms with Crippen molar-refractivity contribution >= 4 is 5.91 Å². The zero-order valence-electron chi connectivity index (χ0n) is 12.5. The van der Waals surface area contributed by atoms with Gasteiger partial charge in [0.1, 0.15) is 12.4 Å². The number of likely N-dealkylation sites (N-methyl/N-ethyl adjacent to an activating group) is 1. The maximum atomic E-state index is 12.2. The van der Waals surface area contributed by atoms with Gasteiger partial charge in [-0.2, -0.15) is 5.10 Å². The van der Waals surface area contributed by atoms with Crippen molar-refractivity contribution < 1.29 is 4.79 Å². The molecule has 1 aromatic rings. The van der Waals surface area contributed by atoms with E-state index in [1.807, 2.05) is 0 Å². The van der Waals surface area contributed by atoms with E-state index >= 15 is 0 Å². The first-order valence-electron chi connectivity index (χ1n) is 7.54. The van der Waals surface area contributed by atoms with Crippen molar-refractivity contribution in [1.29, 1.82) is 0 Å². The molecule has 0 N–H and O–H groups in total. The Kier molecular flexibility index (Phi) is 4.98. The number of carbonyl (C=O) groups is 1. The molecule has 1 aliphatic rings. The number of rotatable bonds is 5. The standard InChI is InChI=1S/C14H24N4O2/c1-3-4-9-16(2)13(19)11-18-14(20)17-10-7-5-6-8-12(17)15-18/h3-11H2,1-2H3. The summed E-state index contributed by atoms with van der Waals surface area (Å²) < 4.78 is 3.05. The number of aryl methyl sites for hydroxylation is 1. The molecule has 0 radical (unpaired) electrons. The largest absolute Gasteiger partial charge is 0.346 e. The van der Waals surface area contributed by atoms with Crippen molar-refractivity contribution in [2.75, 3.05) is 13.6 Å². The van der Waals surface area contributed by atoms with Crippen LogP contribution in [-0.4, -0.2) is 38.7 Å². The Bertz CT molecular complexity index is 518. The van der Waals surface area contributed by atoms with Crippen LogP contribution in [0.25, 0.3) is 0 Å². The van der Waals surface area contributed by atoms with Crippen LogP contribution in [0.15, 0.2) is 4.79 Å². The predicted molar refractivity (Wildman–Crippen MR) is 76.6 cm³/mol. The second-order valence-corrected chi connectivity index (χ2v) is 5.49. The van der Waals surface area contributed by atoms with Crippen LogP contribution in [0, 0.1) is 0 Å². The van der Waals surface area contributed by atoms with Crippen molar-refractivity contribution in [2.24, 2.45) is 0 Å². The number of aromatic nitrogens is 3. The molecule has 1 aromatic heterocycles. The first-order valence-corrected chi connectivity index (χ1v) is 7.54. The summed E-state index contributed by atoms with van der Waals surface area (Å²) in [6.45, 7) is 3.61. The minimum atomic E-state index is -0.140. The van der Waals surface area contributed by atoms with Crippen LogP contribution >= 0.6 is 0 Å². The van der Waals surface area contributed by atoms with Gasteiger partial charge in [-0.3, -0.25) is 9.36 Å². The first-order chi connectivity index (χ1) is 9.63. The lowest BCUT2D eigenvalue weighted by Gasteiger charge is -2.16. The third kappa shape index (κ3) is 3.29. The van der Waals surface area contributed by atoms with E-state index in [0.29, 0.717) is 0 Å². The molecule has 0 unspecified atom stereocenters. The number of nitrogens with zero attached hydrogens (tertiary/aromatic N) is 4. The highest BCUT2D eigenvalue weighted by Gasteiger charge is 2.18. The summed E-state index contributed by atoms with van der Waals surface area (Å²) in [7, 11) is 1.78. The molecule has 0 aliphatic carbocycles. The molecule has 0 spiro atoms. The van der Waals surface area contributed by atoms with Gasteiger partial charge in [0.2, 0.25) is 5.91 Å². The highest BCUT2D eigenvalue weighted by atomic mass is 16.2. The summed E-state index contributed by atoms with van der Waals surface area (Å²) >= 11 is 0. The van der Waals surface area contributed by atoms with E-state index in [-0.39, 0.29) is 18.1 Å². The monoisotopic (exact) mass is 280 g/mol. The molecule has 0 saturated heterocycles. The fourth-order valence-corrected chi connectivity index (χ4v) is 2.50. The molecule has 6 heteroatoms. The van der Waals surface area contributed by atoms with Crippen molar-refractivity contribution in [2.45, 2.75) is 58.5 Å². The van der Waals surface area contributed by atoms with Gasteiger partial charge in [0, 0.05) is 26.6 Å². The number of unbranched alkanes of at least 4 members (excludes halogenated alkanes) is 1. The maximum Gasteiger partial charge on any atom is 0.346 e. The molecular weight excluding hydrogens is 256 g/mol. The summed E-state index contributed by atoms with van der Waals surface area (Å²) in [5.74, 6) is 0.783. The summed E-state index contributed by atoms with van der Waals surface area (Å²) in [4.78, 5) is 26.0. The molecule has 0 aromatic carbocycles. The molecule has 0 saturated carbocycles. The topological polar surface area (TPSA) is 60.1 Å². The maximum absolute atomic E-state index is 12.2. The molecule has 20 heavy (non-hydrogen) atoms. The molecule has 2 rings (SSSR count). The van der Waals surface area contributed by atoms with Gasteiger partial charge in [0.25, 0.3) is 0 Å². The molecule has 1 amide bonds. The van der Waals surface area contributed by atoms with E-state index in [9.17, 15) is 9.59 Å². The van der Waals surface area contributed by atoms with Crippen molar-refractivity contribution in [3.8, 4) is 0 Å². The highest BCUT2D eigenvalue weighted by Crippen LogP contribution is 2.10. The average molecular weight is 280 g/mol. The van der Waals surface area contributed by atoms with Gasteiger partial charge in [0.15, 0.2) is 0 Å². The Labute approximate surface area is 119 Å². The van der Waals surface area contributed by atoms with Crippen LogP contribution in [0.4, 0.5) is 0 Å². The minimum Gasteiger partial charge on any atom is -0.344 e. The number of amides is 1. The fraction of sp³-hybridized carbons (Fsp3) is 0.786. The van der Waals surface area contributed by atoms with Gasteiger partial charge >= 0.3 is 5.69 Å². The Morgan fingerprint density at radius 2 is 2.15 bits per heavy atom. The highest BCUT2D eigenvalue weighted by molar-refractivity contribution is 5.75. The van der Waals surface area contributed by atoms with Gasteiger partial charge in [-0.05, 0) is 19.3 Å².